The average Bonchev–Trinajstić information content (AvgIpc) is 2.71. The Hall–Kier alpha value is -1.35. The van der Waals surface area contributed by atoms with Gasteiger partial charge < -0.3 is 9.84 Å². The van der Waals surface area contributed by atoms with Crippen molar-refractivity contribution in [2.45, 2.75) is 39.2 Å². The summed E-state index contributed by atoms with van der Waals surface area (Å²) in [4.78, 5) is 11.9. The van der Waals surface area contributed by atoms with E-state index < -0.39 is 11.5 Å². The standard InChI is InChI=1S/C15H20O3/c1-3-18-12-8-6-11(7-9-12)14(17)15(2)10-4-5-13(15)16/h6-9,14,17H,3-5,10H2,1-2H3/t14?,15-/m0/s1. The average molecular weight is 248 g/mol. The van der Waals surface area contributed by atoms with Crippen LogP contribution in [0.3, 0.4) is 0 Å². The second kappa shape index (κ2) is 5.11. The van der Waals surface area contributed by atoms with Crippen LogP contribution in [0.2, 0.25) is 0 Å². The molecular formula is C15H20O3. The molecule has 0 amide bonds. The fraction of sp³-hybridized carbons (Fsp3) is 0.533. The number of carbonyl (C=O) groups excluding carboxylic acids is 1. The van der Waals surface area contributed by atoms with Gasteiger partial charge >= 0.3 is 0 Å². The van der Waals surface area contributed by atoms with Crippen molar-refractivity contribution in [1.82, 2.24) is 0 Å². The number of Topliss-reactive ketones (excluding diaryl/α,β-unsaturated/α-hetero) is 1. The fourth-order valence-corrected chi connectivity index (χ4v) is 2.61. The number of aliphatic hydroxyl groups is 1. The van der Waals surface area contributed by atoms with E-state index in [-0.39, 0.29) is 5.78 Å². The quantitative estimate of drug-likeness (QED) is 0.891. The zero-order chi connectivity index (χ0) is 13.2. The Balaban J connectivity index is 2.18. The molecule has 3 nitrogen and oxygen atoms in total. The molecule has 0 aromatic heterocycles. The van der Waals surface area contributed by atoms with Crippen LogP contribution in [-0.2, 0) is 4.79 Å². The molecule has 1 aromatic rings. The molecule has 0 heterocycles. The molecule has 0 aliphatic heterocycles. The summed E-state index contributed by atoms with van der Waals surface area (Å²) in [6, 6.07) is 7.36. The third kappa shape index (κ3) is 2.27. The van der Waals surface area contributed by atoms with Crippen LogP contribution in [0.5, 0.6) is 5.75 Å². The van der Waals surface area contributed by atoms with Gasteiger partial charge in [0.25, 0.3) is 0 Å². The minimum Gasteiger partial charge on any atom is -0.494 e. The Morgan fingerprint density at radius 1 is 1.39 bits per heavy atom. The van der Waals surface area contributed by atoms with Gasteiger partial charge in [0.15, 0.2) is 0 Å². The van der Waals surface area contributed by atoms with Crippen LogP contribution in [0.25, 0.3) is 0 Å². The van der Waals surface area contributed by atoms with Gasteiger partial charge in [0, 0.05) is 6.42 Å². The van der Waals surface area contributed by atoms with Crippen LogP contribution >= 0.6 is 0 Å². The lowest BCUT2D eigenvalue weighted by molar-refractivity contribution is -0.131. The van der Waals surface area contributed by atoms with Crippen LogP contribution in [0.1, 0.15) is 44.8 Å². The summed E-state index contributed by atoms with van der Waals surface area (Å²) in [6.07, 6.45) is 1.51. The molecule has 0 spiro atoms. The summed E-state index contributed by atoms with van der Waals surface area (Å²) in [5.41, 5.74) is 0.170. The summed E-state index contributed by atoms with van der Waals surface area (Å²) in [5.74, 6) is 0.959. The van der Waals surface area contributed by atoms with Crippen LogP contribution < -0.4 is 4.74 Å². The van der Waals surface area contributed by atoms with Crippen LogP contribution in [-0.4, -0.2) is 17.5 Å². The number of rotatable bonds is 4. The van der Waals surface area contributed by atoms with E-state index in [2.05, 4.69) is 0 Å². The highest BCUT2D eigenvalue weighted by Crippen LogP contribution is 2.44. The van der Waals surface area contributed by atoms with Crippen LogP contribution in [0, 0.1) is 5.41 Å². The molecule has 2 atom stereocenters. The van der Waals surface area contributed by atoms with Crippen molar-refractivity contribution >= 4 is 5.78 Å². The number of hydrogen-bond donors (Lipinski definition) is 1. The lowest BCUT2D eigenvalue weighted by atomic mass is 9.78. The number of aliphatic hydroxyl groups excluding tert-OH is 1. The largest absolute Gasteiger partial charge is 0.494 e. The van der Waals surface area contributed by atoms with Gasteiger partial charge in [-0.1, -0.05) is 12.1 Å². The fourth-order valence-electron chi connectivity index (χ4n) is 2.61. The van der Waals surface area contributed by atoms with E-state index in [1.54, 1.807) is 0 Å². The van der Waals surface area contributed by atoms with E-state index in [1.165, 1.54) is 0 Å². The van der Waals surface area contributed by atoms with Gasteiger partial charge in [-0.3, -0.25) is 4.79 Å². The van der Waals surface area contributed by atoms with Crippen molar-refractivity contribution in [3.63, 3.8) is 0 Å². The SMILES string of the molecule is CCOc1ccc(C(O)[C@@]2(C)CCCC2=O)cc1. The lowest BCUT2D eigenvalue weighted by Crippen LogP contribution is -2.29. The highest BCUT2D eigenvalue weighted by molar-refractivity contribution is 5.87. The molecule has 1 fully saturated rings. The third-order valence-corrected chi connectivity index (χ3v) is 3.85. The molecule has 0 radical (unpaired) electrons. The van der Waals surface area contributed by atoms with E-state index in [4.69, 9.17) is 4.74 Å². The third-order valence-electron chi connectivity index (χ3n) is 3.85. The monoisotopic (exact) mass is 248 g/mol. The van der Waals surface area contributed by atoms with E-state index in [1.807, 2.05) is 38.1 Å². The molecular weight excluding hydrogens is 228 g/mol. The summed E-state index contributed by atoms with van der Waals surface area (Å²) < 4.78 is 5.36. The first kappa shape index (κ1) is 13.1. The molecule has 1 aliphatic rings. The molecule has 2 rings (SSSR count). The van der Waals surface area contributed by atoms with E-state index in [9.17, 15) is 9.90 Å². The highest BCUT2D eigenvalue weighted by atomic mass is 16.5. The normalized spacial score (nSPS) is 25.2. The first-order valence-corrected chi connectivity index (χ1v) is 6.52. The smallest absolute Gasteiger partial charge is 0.141 e. The Labute approximate surface area is 108 Å². The van der Waals surface area contributed by atoms with Gasteiger partial charge in [-0.05, 0) is 44.4 Å². The van der Waals surface area contributed by atoms with Crippen molar-refractivity contribution in [2.75, 3.05) is 6.61 Å². The predicted molar refractivity (Wildman–Crippen MR) is 69.5 cm³/mol. The minimum atomic E-state index is -0.719. The van der Waals surface area contributed by atoms with Crippen molar-refractivity contribution < 1.29 is 14.6 Å². The summed E-state index contributed by atoms with van der Waals surface area (Å²) in [5, 5.41) is 10.4. The van der Waals surface area contributed by atoms with E-state index in [0.29, 0.717) is 13.0 Å². The maximum Gasteiger partial charge on any atom is 0.141 e. The molecule has 1 saturated carbocycles. The molecule has 1 unspecified atom stereocenters. The second-order valence-electron chi connectivity index (χ2n) is 5.10. The van der Waals surface area contributed by atoms with Crippen molar-refractivity contribution in [1.29, 1.82) is 0 Å². The lowest BCUT2D eigenvalue weighted by Gasteiger charge is -2.28. The minimum absolute atomic E-state index is 0.170. The molecule has 1 aliphatic carbocycles. The number of ether oxygens (including phenoxy) is 1. The second-order valence-corrected chi connectivity index (χ2v) is 5.10. The number of benzene rings is 1. The first-order valence-electron chi connectivity index (χ1n) is 6.52. The Kier molecular flexibility index (Phi) is 3.71. The molecule has 98 valence electrons. The number of hydrogen-bond acceptors (Lipinski definition) is 3. The summed E-state index contributed by atoms with van der Waals surface area (Å²) >= 11 is 0. The van der Waals surface area contributed by atoms with Crippen molar-refractivity contribution in [2.24, 2.45) is 5.41 Å². The van der Waals surface area contributed by atoms with Gasteiger partial charge in [-0.15, -0.1) is 0 Å². The summed E-state index contributed by atoms with van der Waals surface area (Å²) in [6.45, 7) is 4.42. The van der Waals surface area contributed by atoms with Gasteiger partial charge in [-0.2, -0.15) is 0 Å². The number of carbonyl (C=O) groups is 1. The first-order chi connectivity index (χ1) is 8.58. The molecule has 1 aromatic carbocycles. The highest BCUT2D eigenvalue weighted by Gasteiger charge is 2.43. The van der Waals surface area contributed by atoms with Crippen LogP contribution in [0.15, 0.2) is 24.3 Å². The molecule has 0 saturated heterocycles. The molecule has 3 heteroatoms. The van der Waals surface area contributed by atoms with Crippen molar-refractivity contribution in [3.05, 3.63) is 29.8 Å². The zero-order valence-corrected chi connectivity index (χ0v) is 11.0. The topological polar surface area (TPSA) is 46.5 Å². The molecule has 1 N–H and O–H groups in total. The molecule has 18 heavy (non-hydrogen) atoms. The van der Waals surface area contributed by atoms with E-state index in [0.717, 1.165) is 24.2 Å². The van der Waals surface area contributed by atoms with Crippen LogP contribution in [0.4, 0.5) is 0 Å². The molecule has 0 bridgehead atoms. The Bertz CT molecular complexity index is 424. The maximum atomic E-state index is 11.9. The number of ketones is 1. The predicted octanol–water partition coefficient (Wildman–Crippen LogP) is 2.88. The Morgan fingerprint density at radius 3 is 2.56 bits per heavy atom. The van der Waals surface area contributed by atoms with Gasteiger partial charge in [0.2, 0.25) is 0 Å². The van der Waals surface area contributed by atoms with Gasteiger partial charge in [-0.25, -0.2) is 0 Å². The Morgan fingerprint density at radius 2 is 2.06 bits per heavy atom. The van der Waals surface area contributed by atoms with Gasteiger partial charge in [0.05, 0.1) is 18.1 Å². The van der Waals surface area contributed by atoms with Crippen molar-refractivity contribution in [3.8, 4) is 5.75 Å². The van der Waals surface area contributed by atoms with Gasteiger partial charge in [0.1, 0.15) is 11.5 Å². The zero-order valence-electron chi connectivity index (χ0n) is 11.0. The summed E-state index contributed by atoms with van der Waals surface area (Å²) in [7, 11) is 0. The van der Waals surface area contributed by atoms with E-state index >= 15 is 0 Å². The maximum absolute atomic E-state index is 11.9.